The van der Waals surface area contributed by atoms with Gasteiger partial charge in [0.2, 0.25) is 0 Å². The molecule has 0 radical (unpaired) electrons. The van der Waals surface area contributed by atoms with Gasteiger partial charge in [-0.3, -0.25) is 9.59 Å². The Morgan fingerprint density at radius 2 is 1.97 bits per heavy atom. The fourth-order valence-corrected chi connectivity index (χ4v) is 4.18. The summed E-state index contributed by atoms with van der Waals surface area (Å²) in [5.41, 5.74) is 2.32. The average Bonchev–Trinajstić information content (AvgIpc) is 3.23. The highest BCUT2D eigenvalue weighted by Gasteiger charge is 2.50. The zero-order chi connectivity index (χ0) is 21.5. The maximum atomic E-state index is 12.6. The highest BCUT2D eigenvalue weighted by atomic mass is 16.5. The summed E-state index contributed by atoms with van der Waals surface area (Å²) in [6.07, 6.45) is 0.378. The number of carbonyl (C=O) groups excluding carboxylic acids is 2. The van der Waals surface area contributed by atoms with Crippen molar-refractivity contribution >= 4 is 17.5 Å². The first-order valence-electron chi connectivity index (χ1n) is 10.0. The molecule has 160 valence electrons. The van der Waals surface area contributed by atoms with Crippen LogP contribution >= 0.6 is 0 Å². The molecule has 1 spiro atoms. The van der Waals surface area contributed by atoms with Crippen LogP contribution < -0.4 is 5.32 Å². The Labute approximate surface area is 174 Å². The van der Waals surface area contributed by atoms with Crippen molar-refractivity contribution in [3.63, 3.8) is 0 Å². The molecule has 1 aromatic carbocycles. The summed E-state index contributed by atoms with van der Waals surface area (Å²) in [5.74, 6) is -1.37. The molecule has 4 rings (SSSR count). The van der Waals surface area contributed by atoms with Crippen LogP contribution in [0.1, 0.15) is 24.1 Å². The van der Waals surface area contributed by atoms with E-state index in [0.717, 1.165) is 16.9 Å². The predicted octanol–water partition coefficient (Wildman–Crippen LogP) is 0.541. The third-order valence-corrected chi connectivity index (χ3v) is 6.04. The Morgan fingerprint density at radius 1 is 1.23 bits per heavy atom. The Hall–Kier alpha value is -2.75. The van der Waals surface area contributed by atoms with Crippen molar-refractivity contribution in [2.75, 3.05) is 25.0 Å². The van der Waals surface area contributed by atoms with Crippen LogP contribution in [0.5, 0.6) is 0 Å². The van der Waals surface area contributed by atoms with Crippen LogP contribution in [0.3, 0.4) is 0 Å². The minimum atomic E-state index is -0.973. The molecular weight excluding hydrogens is 388 g/mol. The van der Waals surface area contributed by atoms with E-state index in [9.17, 15) is 19.8 Å². The molecule has 2 fully saturated rings. The molecule has 0 saturated carbocycles. The molecule has 30 heavy (non-hydrogen) atoms. The molecule has 9 nitrogen and oxygen atoms in total. The lowest BCUT2D eigenvalue weighted by molar-refractivity contribution is -0.149. The standard InChI is InChI=1S/C21H26N4O5/c1-13-4-3-5-15(10-13)25-14(2)16(11-22-25)23-19(28)20(29)24-8-6-21(7-9-24)18(27)17(26)12-30-21/h3-5,10-11,17-18,26-27H,6-9,12H2,1-2H3,(H,23,28)/t17-,18-/m1/s1. The van der Waals surface area contributed by atoms with Crippen LogP contribution in [0.25, 0.3) is 5.69 Å². The van der Waals surface area contributed by atoms with Crippen molar-refractivity contribution in [2.24, 2.45) is 0 Å². The van der Waals surface area contributed by atoms with Crippen LogP contribution in [-0.4, -0.2) is 74.2 Å². The number of nitrogens with one attached hydrogen (secondary N) is 1. The minimum absolute atomic E-state index is 0.0831. The molecule has 3 heterocycles. The molecule has 2 atom stereocenters. The first-order chi connectivity index (χ1) is 14.3. The summed E-state index contributed by atoms with van der Waals surface area (Å²) in [6.45, 7) is 4.45. The summed E-state index contributed by atoms with van der Waals surface area (Å²) >= 11 is 0. The summed E-state index contributed by atoms with van der Waals surface area (Å²) < 4.78 is 7.32. The second kappa shape index (κ2) is 7.82. The van der Waals surface area contributed by atoms with Gasteiger partial charge in [0.1, 0.15) is 17.8 Å². The number of hydrogen-bond acceptors (Lipinski definition) is 6. The SMILES string of the molecule is Cc1cccc(-n2ncc(NC(=O)C(=O)N3CCC4(CC3)OC[C@@H](O)[C@H]4O)c2C)c1. The number of aliphatic hydroxyl groups excluding tert-OH is 2. The van der Waals surface area contributed by atoms with Crippen molar-refractivity contribution in [1.82, 2.24) is 14.7 Å². The summed E-state index contributed by atoms with van der Waals surface area (Å²) in [6, 6.07) is 7.82. The Kier molecular flexibility index (Phi) is 5.35. The van der Waals surface area contributed by atoms with Gasteiger partial charge in [0, 0.05) is 13.1 Å². The normalized spacial score (nSPS) is 23.0. The van der Waals surface area contributed by atoms with E-state index in [1.54, 1.807) is 4.68 Å². The monoisotopic (exact) mass is 414 g/mol. The van der Waals surface area contributed by atoms with E-state index in [2.05, 4.69) is 10.4 Å². The lowest BCUT2D eigenvalue weighted by Crippen LogP contribution is -2.54. The van der Waals surface area contributed by atoms with E-state index < -0.39 is 29.6 Å². The molecule has 0 unspecified atom stereocenters. The van der Waals surface area contributed by atoms with Gasteiger partial charge in [-0.1, -0.05) is 12.1 Å². The van der Waals surface area contributed by atoms with Gasteiger partial charge in [-0.05, 0) is 44.4 Å². The van der Waals surface area contributed by atoms with E-state index in [1.807, 2.05) is 38.1 Å². The molecule has 0 aliphatic carbocycles. The number of amides is 2. The molecule has 9 heteroatoms. The van der Waals surface area contributed by atoms with Crippen molar-refractivity contribution in [3.8, 4) is 5.69 Å². The highest BCUT2D eigenvalue weighted by molar-refractivity contribution is 6.39. The number of piperidine rings is 1. The predicted molar refractivity (Wildman–Crippen MR) is 108 cm³/mol. The number of rotatable bonds is 2. The molecule has 3 N–H and O–H groups in total. The number of likely N-dealkylation sites (tertiary alicyclic amines) is 1. The molecular formula is C21H26N4O5. The number of ether oxygens (including phenoxy) is 1. The van der Waals surface area contributed by atoms with Gasteiger partial charge >= 0.3 is 11.8 Å². The minimum Gasteiger partial charge on any atom is -0.388 e. The number of hydrogen-bond donors (Lipinski definition) is 3. The number of aryl methyl sites for hydroxylation is 1. The quantitative estimate of drug-likeness (QED) is 0.618. The molecule has 1 aromatic heterocycles. The lowest BCUT2D eigenvalue weighted by Gasteiger charge is -2.40. The topological polar surface area (TPSA) is 117 Å². The highest BCUT2D eigenvalue weighted by Crippen LogP contribution is 2.36. The largest absolute Gasteiger partial charge is 0.388 e. The number of aromatic nitrogens is 2. The van der Waals surface area contributed by atoms with Gasteiger partial charge in [-0.2, -0.15) is 5.10 Å². The number of carbonyl (C=O) groups is 2. The lowest BCUT2D eigenvalue weighted by atomic mass is 9.85. The van der Waals surface area contributed by atoms with E-state index in [1.165, 1.54) is 11.1 Å². The van der Waals surface area contributed by atoms with Crippen molar-refractivity contribution < 1.29 is 24.5 Å². The number of benzene rings is 1. The van der Waals surface area contributed by atoms with Crippen LogP contribution in [-0.2, 0) is 14.3 Å². The molecule has 2 aliphatic heterocycles. The van der Waals surface area contributed by atoms with Crippen molar-refractivity contribution in [3.05, 3.63) is 41.7 Å². The number of anilines is 1. The van der Waals surface area contributed by atoms with Crippen molar-refractivity contribution in [2.45, 2.75) is 44.5 Å². The fourth-order valence-electron chi connectivity index (χ4n) is 4.18. The number of aliphatic hydroxyl groups is 2. The summed E-state index contributed by atoms with van der Waals surface area (Å²) in [4.78, 5) is 26.6. The number of nitrogens with zero attached hydrogens (tertiary/aromatic N) is 3. The zero-order valence-corrected chi connectivity index (χ0v) is 17.0. The third kappa shape index (κ3) is 3.60. The third-order valence-electron chi connectivity index (χ3n) is 6.04. The van der Waals surface area contributed by atoms with E-state index in [-0.39, 0.29) is 19.7 Å². The van der Waals surface area contributed by atoms with Crippen LogP contribution in [0.4, 0.5) is 5.69 Å². The molecule has 0 bridgehead atoms. The van der Waals surface area contributed by atoms with Gasteiger partial charge in [-0.15, -0.1) is 0 Å². The smallest absolute Gasteiger partial charge is 0.313 e. The van der Waals surface area contributed by atoms with Crippen molar-refractivity contribution in [1.29, 1.82) is 0 Å². The Balaban J connectivity index is 1.40. The van der Waals surface area contributed by atoms with E-state index >= 15 is 0 Å². The zero-order valence-electron chi connectivity index (χ0n) is 17.0. The molecule has 2 aliphatic rings. The Bertz CT molecular complexity index is 964. The first-order valence-corrected chi connectivity index (χ1v) is 10.0. The van der Waals surface area contributed by atoms with E-state index in [4.69, 9.17) is 4.74 Å². The van der Waals surface area contributed by atoms with Gasteiger partial charge in [-0.25, -0.2) is 4.68 Å². The maximum Gasteiger partial charge on any atom is 0.313 e. The molecule has 2 amide bonds. The van der Waals surface area contributed by atoms with Gasteiger partial charge in [0.05, 0.1) is 29.9 Å². The van der Waals surface area contributed by atoms with Crippen LogP contribution in [0.2, 0.25) is 0 Å². The molecule has 2 aromatic rings. The van der Waals surface area contributed by atoms with E-state index in [0.29, 0.717) is 18.5 Å². The van der Waals surface area contributed by atoms with Gasteiger partial charge in [0.15, 0.2) is 0 Å². The van der Waals surface area contributed by atoms with Crippen LogP contribution in [0.15, 0.2) is 30.5 Å². The van der Waals surface area contributed by atoms with Gasteiger partial charge < -0.3 is 25.2 Å². The summed E-state index contributed by atoms with van der Waals surface area (Å²) in [5, 5.41) is 26.9. The fraction of sp³-hybridized carbons (Fsp3) is 0.476. The molecule has 2 saturated heterocycles. The second-order valence-electron chi connectivity index (χ2n) is 8.03. The maximum absolute atomic E-state index is 12.6. The second-order valence-corrected chi connectivity index (χ2v) is 8.03. The summed E-state index contributed by atoms with van der Waals surface area (Å²) in [7, 11) is 0. The van der Waals surface area contributed by atoms with Crippen LogP contribution in [0, 0.1) is 13.8 Å². The first kappa shape index (κ1) is 20.5. The van der Waals surface area contributed by atoms with Gasteiger partial charge in [0.25, 0.3) is 0 Å². The average molecular weight is 414 g/mol. The Morgan fingerprint density at radius 3 is 2.60 bits per heavy atom.